The van der Waals surface area contributed by atoms with Gasteiger partial charge in [-0.25, -0.2) is 13.6 Å². The van der Waals surface area contributed by atoms with Crippen LogP contribution in [-0.4, -0.2) is 36.8 Å². The van der Waals surface area contributed by atoms with Crippen molar-refractivity contribution in [3.8, 4) is 5.75 Å². The summed E-state index contributed by atoms with van der Waals surface area (Å²) in [7, 11) is -4.91. The highest BCUT2D eigenvalue weighted by atomic mass is 32.2. The zero-order valence-corrected chi connectivity index (χ0v) is 18.5. The van der Waals surface area contributed by atoms with Crippen LogP contribution in [0.4, 0.5) is 0 Å². The molecule has 9 heteroatoms. The first-order valence-corrected chi connectivity index (χ1v) is 12.2. The molecule has 0 aliphatic heterocycles. The standard InChI is InChI=1S/C21H23NO6S2/c1-14-10-16-6-7-18(27-2)12-20(16)21(14)17(13-29(23,24)28-3)11-15-4-8-19(9-5-15)30(22,25)26/h4-9,11-12H,10,13H2,1-3H3,(H2,22,25,26)/b17-11-. The van der Waals surface area contributed by atoms with Crippen LogP contribution in [0.1, 0.15) is 23.6 Å². The van der Waals surface area contributed by atoms with E-state index in [4.69, 9.17) is 9.88 Å². The molecule has 0 saturated heterocycles. The quantitative estimate of drug-likeness (QED) is 0.651. The normalized spacial score (nSPS) is 14.7. The third-order valence-corrected chi connectivity index (χ3v) is 7.03. The Bertz CT molecular complexity index is 1240. The number of sulfonamides is 1. The van der Waals surface area contributed by atoms with E-state index in [1.165, 1.54) is 12.1 Å². The molecule has 3 rings (SSSR count). The molecule has 7 nitrogen and oxygen atoms in total. The Morgan fingerprint density at radius 1 is 1.07 bits per heavy atom. The third-order valence-electron chi connectivity index (χ3n) is 4.93. The molecule has 160 valence electrons. The van der Waals surface area contributed by atoms with Crippen LogP contribution >= 0.6 is 0 Å². The largest absolute Gasteiger partial charge is 0.497 e. The van der Waals surface area contributed by atoms with Crippen molar-refractivity contribution >= 4 is 31.8 Å². The highest BCUT2D eigenvalue weighted by Gasteiger charge is 2.25. The SMILES string of the molecule is COc1ccc2c(c1)C(/C(=C\c1ccc(S(N)(=O)=O)cc1)CS(=O)(=O)OC)=C(C)C2. The van der Waals surface area contributed by atoms with Crippen LogP contribution in [0, 0.1) is 0 Å². The summed E-state index contributed by atoms with van der Waals surface area (Å²) in [4.78, 5) is -0.0166. The van der Waals surface area contributed by atoms with Gasteiger partial charge in [0.25, 0.3) is 10.1 Å². The van der Waals surface area contributed by atoms with Crippen LogP contribution in [0.3, 0.4) is 0 Å². The second kappa shape index (κ2) is 8.35. The number of primary sulfonamides is 1. The minimum absolute atomic E-state index is 0.0166. The first-order valence-electron chi connectivity index (χ1n) is 9.03. The fourth-order valence-electron chi connectivity index (χ4n) is 3.51. The molecular weight excluding hydrogens is 426 g/mol. The van der Waals surface area contributed by atoms with E-state index >= 15 is 0 Å². The minimum Gasteiger partial charge on any atom is -0.497 e. The zero-order chi connectivity index (χ0) is 22.1. The van der Waals surface area contributed by atoms with Crippen LogP contribution < -0.4 is 9.88 Å². The van der Waals surface area contributed by atoms with Crippen LogP contribution in [0.25, 0.3) is 11.6 Å². The van der Waals surface area contributed by atoms with Gasteiger partial charge < -0.3 is 4.74 Å². The molecule has 0 fully saturated rings. The molecule has 0 spiro atoms. The molecule has 2 aromatic carbocycles. The van der Waals surface area contributed by atoms with E-state index in [2.05, 4.69) is 4.18 Å². The molecule has 0 bridgehead atoms. The van der Waals surface area contributed by atoms with Gasteiger partial charge in [-0.3, -0.25) is 4.18 Å². The summed E-state index contributed by atoms with van der Waals surface area (Å²) >= 11 is 0. The van der Waals surface area contributed by atoms with Crippen LogP contribution in [0.2, 0.25) is 0 Å². The lowest BCUT2D eigenvalue weighted by Gasteiger charge is -2.14. The number of fused-ring (bicyclic) bond motifs is 1. The first-order chi connectivity index (χ1) is 14.0. The molecule has 2 N–H and O–H groups in total. The summed E-state index contributed by atoms with van der Waals surface area (Å²) < 4.78 is 57.6. The van der Waals surface area contributed by atoms with E-state index in [-0.39, 0.29) is 10.6 Å². The lowest BCUT2D eigenvalue weighted by molar-refractivity contribution is 0.400. The fourth-order valence-corrected chi connectivity index (χ4v) is 4.75. The van der Waals surface area contributed by atoms with Crippen molar-refractivity contribution in [3.05, 3.63) is 70.3 Å². The maximum Gasteiger partial charge on any atom is 0.271 e. The average molecular weight is 450 g/mol. The van der Waals surface area contributed by atoms with Gasteiger partial charge in [-0.2, -0.15) is 8.42 Å². The molecule has 1 aliphatic carbocycles. The van der Waals surface area contributed by atoms with Gasteiger partial charge in [-0.15, -0.1) is 0 Å². The molecule has 30 heavy (non-hydrogen) atoms. The molecule has 0 heterocycles. The topological polar surface area (TPSA) is 113 Å². The zero-order valence-electron chi connectivity index (χ0n) is 16.9. The van der Waals surface area contributed by atoms with Crippen molar-refractivity contribution in [1.29, 1.82) is 0 Å². The molecule has 0 amide bonds. The van der Waals surface area contributed by atoms with Gasteiger partial charge in [0.05, 0.1) is 19.1 Å². The highest BCUT2D eigenvalue weighted by Crippen LogP contribution is 2.40. The summed E-state index contributed by atoms with van der Waals surface area (Å²) in [6, 6.07) is 11.7. The molecule has 1 aliphatic rings. The van der Waals surface area contributed by atoms with Crippen molar-refractivity contribution in [1.82, 2.24) is 0 Å². The van der Waals surface area contributed by atoms with Crippen molar-refractivity contribution in [2.45, 2.75) is 18.2 Å². The smallest absolute Gasteiger partial charge is 0.271 e. The molecule has 2 aromatic rings. The number of ether oxygens (including phenoxy) is 1. The summed E-state index contributed by atoms with van der Waals surface area (Å²) in [6.07, 6.45) is 2.42. The average Bonchev–Trinajstić information content (AvgIpc) is 3.01. The van der Waals surface area contributed by atoms with Crippen LogP contribution in [-0.2, 0) is 30.7 Å². The molecule has 0 radical (unpaired) electrons. The number of allylic oxidation sites excluding steroid dienone is 2. The molecule has 0 aromatic heterocycles. The number of benzene rings is 2. The summed E-state index contributed by atoms with van der Waals surface area (Å²) in [5, 5.41) is 5.15. The Morgan fingerprint density at radius 3 is 2.30 bits per heavy atom. The van der Waals surface area contributed by atoms with Crippen LogP contribution in [0.5, 0.6) is 5.75 Å². The maximum atomic E-state index is 12.3. The Balaban J connectivity index is 2.13. The third kappa shape index (κ3) is 4.81. The number of methoxy groups -OCH3 is 1. The molecule has 0 saturated carbocycles. The van der Waals surface area contributed by atoms with Crippen LogP contribution in [0.15, 0.2) is 58.5 Å². The molecule has 0 unspecified atom stereocenters. The van der Waals surface area contributed by atoms with Crippen molar-refractivity contribution in [2.24, 2.45) is 5.14 Å². The van der Waals surface area contributed by atoms with Gasteiger partial charge in [0.15, 0.2) is 0 Å². The van der Waals surface area contributed by atoms with E-state index in [1.54, 1.807) is 25.3 Å². The van der Waals surface area contributed by atoms with Crippen molar-refractivity contribution < 1.29 is 25.8 Å². The highest BCUT2D eigenvalue weighted by molar-refractivity contribution is 7.89. The van der Waals surface area contributed by atoms with E-state index in [9.17, 15) is 16.8 Å². The minimum atomic E-state index is -3.81. The number of hydrogen-bond acceptors (Lipinski definition) is 6. The van der Waals surface area contributed by atoms with E-state index in [0.29, 0.717) is 23.3 Å². The number of rotatable bonds is 7. The van der Waals surface area contributed by atoms with Gasteiger partial charge in [-0.05, 0) is 65.4 Å². The first kappa shape index (κ1) is 22.2. The fraction of sp³-hybridized carbons (Fsp3) is 0.238. The van der Waals surface area contributed by atoms with Gasteiger partial charge in [-0.1, -0.05) is 29.8 Å². The monoisotopic (exact) mass is 449 g/mol. The Hall–Kier alpha value is -2.46. The van der Waals surface area contributed by atoms with Gasteiger partial charge in [0.2, 0.25) is 10.0 Å². The predicted molar refractivity (Wildman–Crippen MR) is 116 cm³/mol. The predicted octanol–water partition coefficient (Wildman–Crippen LogP) is 2.73. The number of nitrogens with two attached hydrogens (primary N) is 1. The van der Waals surface area contributed by atoms with Crippen molar-refractivity contribution in [2.75, 3.05) is 20.0 Å². The Morgan fingerprint density at radius 2 is 1.73 bits per heavy atom. The van der Waals surface area contributed by atoms with E-state index < -0.39 is 20.1 Å². The second-order valence-electron chi connectivity index (χ2n) is 7.01. The Labute approximate surface area is 177 Å². The maximum absolute atomic E-state index is 12.3. The van der Waals surface area contributed by atoms with Gasteiger partial charge >= 0.3 is 0 Å². The lowest BCUT2D eigenvalue weighted by atomic mass is 9.96. The summed E-state index contributed by atoms with van der Waals surface area (Å²) in [5.41, 5.74) is 5.02. The lowest BCUT2D eigenvalue weighted by Crippen LogP contribution is -2.12. The summed E-state index contributed by atoms with van der Waals surface area (Å²) in [5.74, 6) is 0.344. The van der Waals surface area contributed by atoms with Gasteiger partial charge in [0, 0.05) is 0 Å². The second-order valence-corrected chi connectivity index (χ2v) is 10.3. The Kier molecular flexibility index (Phi) is 6.19. The van der Waals surface area contributed by atoms with Crippen molar-refractivity contribution in [3.63, 3.8) is 0 Å². The summed E-state index contributed by atoms with van der Waals surface area (Å²) in [6.45, 7) is 1.96. The van der Waals surface area contributed by atoms with Gasteiger partial charge in [0.1, 0.15) is 11.5 Å². The molecular formula is C21H23NO6S2. The number of hydrogen-bond donors (Lipinski definition) is 1. The van der Waals surface area contributed by atoms with E-state index in [1.807, 2.05) is 25.1 Å². The van der Waals surface area contributed by atoms with E-state index in [0.717, 1.165) is 29.4 Å². The molecule has 0 atom stereocenters.